The van der Waals surface area contributed by atoms with E-state index < -0.39 is 0 Å². The van der Waals surface area contributed by atoms with Crippen LogP contribution in [0.2, 0.25) is 0 Å². The van der Waals surface area contributed by atoms with Crippen LogP contribution in [0, 0.1) is 0 Å². The second kappa shape index (κ2) is 11.7. The second-order valence-electron chi connectivity index (χ2n) is 8.91. The summed E-state index contributed by atoms with van der Waals surface area (Å²) < 4.78 is 2.09. The predicted molar refractivity (Wildman–Crippen MR) is 141 cm³/mol. The lowest BCUT2D eigenvalue weighted by Gasteiger charge is -2.23. The third kappa shape index (κ3) is 5.92. The van der Waals surface area contributed by atoms with Crippen LogP contribution in [-0.4, -0.2) is 42.6 Å². The average Bonchev–Trinajstić information content (AvgIpc) is 3.34. The summed E-state index contributed by atoms with van der Waals surface area (Å²) in [6, 6.07) is 10.6. The average molecular weight is 474 g/mol. The molecule has 0 radical (unpaired) electrons. The van der Waals surface area contributed by atoms with E-state index in [2.05, 4.69) is 55.8 Å². The lowest BCUT2D eigenvalue weighted by Crippen LogP contribution is -2.24. The van der Waals surface area contributed by atoms with E-state index in [0.717, 1.165) is 33.9 Å². The van der Waals surface area contributed by atoms with Gasteiger partial charge in [0.25, 0.3) is 0 Å². The van der Waals surface area contributed by atoms with Crippen LogP contribution in [0.4, 0.5) is 11.8 Å². The van der Waals surface area contributed by atoms with Crippen molar-refractivity contribution in [2.45, 2.75) is 64.6 Å². The first-order chi connectivity index (χ1) is 17.2. The molecule has 4 N–H and O–H groups in total. The molecule has 0 aliphatic heterocycles. The molecule has 5 rings (SSSR count). The number of hydrogen-bond donors (Lipinski definition) is 3. The van der Waals surface area contributed by atoms with Crippen LogP contribution in [0.15, 0.2) is 49.1 Å². The molecule has 0 spiro atoms. The Kier molecular flexibility index (Phi) is 8.20. The maximum Gasteiger partial charge on any atom is 0.227 e. The fourth-order valence-corrected chi connectivity index (χ4v) is 4.29. The first kappa shape index (κ1) is 24.5. The Bertz CT molecular complexity index is 1200. The van der Waals surface area contributed by atoms with Crippen molar-refractivity contribution in [3.8, 4) is 11.4 Å². The van der Waals surface area contributed by atoms with Gasteiger partial charge in [-0.05, 0) is 57.5 Å². The zero-order chi connectivity index (χ0) is 24.6. The first-order valence-corrected chi connectivity index (χ1v) is 12.4. The Balaban J connectivity index is 0.00000141. The van der Waals surface area contributed by atoms with Gasteiger partial charge in [0.15, 0.2) is 17.0 Å². The maximum absolute atomic E-state index is 4.83. The molecule has 1 aliphatic carbocycles. The van der Waals surface area contributed by atoms with Gasteiger partial charge in [-0.3, -0.25) is 9.97 Å². The largest absolute Gasteiger partial charge is 0.364 e. The minimum atomic E-state index is 0.267. The van der Waals surface area contributed by atoms with Crippen molar-refractivity contribution in [1.82, 2.24) is 29.5 Å². The van der Waals surface area contributed by atoms with Gasteiger partial charge in [0.2, 0.25) is 5.95 Å². The Labute approximate surface area is 206 Å². The van der Waals surface area contributed by atoms with E-state index in [4.69, 9.17) is 9.97 Å². The molecule has 0 amide bonds. The minimum Gasteiger partial charge on any atom is -0.364 e. The van der Waals surface area contributed by atoms with Crippen LogP contribution in [0.5, 0.6) is 0 Å². The van der Waals surface area contributed by atoms with Crippen LogP contribution >= 0.6 is 0 Å². The fourth-order valence-electron chi connectivity index (χ4n) is 4.29. The second-order valence-corrected chi connectivity index (χ2v) is 8.91. The van der Waals surface area contributed by atoms with Crippen LogP contribution in [0.25, 0.3) is 22.6 Å². The number of nitrogens with one attached hydrogen (secondary N) is 2. The normalized spacial score (nSPS) is 14.0. The standard InChI is InChI=1S/C25H30N8.CH5N/c1-17(2)33-16-29-22-23(31-25(32-24(22)33)30-19-8-4-3-5-9-19)28-15-18-11-12-21(27-14-18)20-10-6-7-13-26-20;1-2/h6-7,10-14,16-17,19H,3-5,8-9,15H2,1-2H3,(H2,28,30,31,32);2H2,1H3. The summed E-state index contributed by atoms with van der Waals surface area (Å²) in [6.45, 7) is 4.87. The number of fused-ring (bicyclic) bond motifs is 1. The van der Waals surface area contributed by atoms with Gasteiger partial charge >= 0.3 is 0 Å². The van der Waals surface area contributed by atoms with Gasteiger partial charge in [0.1, 0.15) is 0 Å². The molecule has 4 aromatic rings. The summed E-state index contributed by atoms with van der Waals surface area (Å²) in [6.07, 6.45) is 11.7. The van der Waals surface area contributed by atoms with Crippen molar-refractivity contribution in [2.24, 2.45) is 5.73 Å². The number of rotatable bonds is 7. The number of pyridine rings is 2. The van der Waals surface area contributed by atoms with Crippen molar-refractivity contribution < 1.29 is 0 Å². The molecular weight excluding hydrogens is 438 g/mol. The summed E-state index contributed by atoms with van der Waals surface area (Å²) in [4.78, 5) is 23.2. The van der Waals surface area contributed by atoms with Crippen molar-refractivity contribution in [1.29, 1.82) is 0 Å². The molecule has 4 aromatic heterocycles. The van der Waals surface area contributed by atoms with E-state index in [-0.39, 0.29) is 6.04 Å². The van der Waals surface area contributed by atoms with Gasteiger partial charge in [0, 0.05) is 31.0 Å². The van der Waals surface area contributed by atoms with Crippen LogP contribution < -0.4 is 16.4 Å². The molecule has 9 nitrogen and oxygen atoms in total. The molecule has 1 aliphatic rings. The Morgan fingerprint density at radius 1 is 0.971 bits per heavy atom. The minimum absolute atomic E-state index is 0.267. The zero-order valence-corrected chi connectivity index (χ0v) is 20.8. The van der Waals surface area contributed by atoms with Crippen molar-refractivity contribution in [3.63, 3.8) is 0 Å². The van der Waals surface area contributed by atoms with Crippen molar-refractivity contribution >= 4 is 22.9 Å². The Morgan fingerprint density at radius 2 is 1.77 bits per heavy atom. The predicted octanol–water partition coefficient (Wildman–Crippen LogP) is 4.80. The molecule has 0 aromatic carbocycles. The summed E-state index contributed by atoms with van der Waals surface area (Å²) in [5.74, 6) is 1.41. The monoisotopic (exact) mass is 473 g/mol. The van der Waals surface area contributed by atoms with E-state index in [1.165, 1.54) is 39.2 Å². The third-order valence-electron chi connectivity index (χ3n) is 6.13. The molecule has 9 heteroatoms. The van der Waals surface area contributed by atoms with Crippen LogP contribution in [0.3, 0.4) is 0 Å². The molecule has 0 bridgehead atoms. The number of nitrogens with zero attached hydrogens (tertiary/aromatic N) is 6. The van der Waals surface area contributed by atoms with E-state index in [9.17, 15) is 0 Å². The van der Waals surface area contributed by atoms with Gasteiger partial charge in [-0.25, -0.2) is 4.98 Å². The van der Waals surface area contributed by atoms with Crippen molar-refractivity contribution in [3.05, 3.63) is 54.6 Å². The van der Waals surface area contributed by atoms with Crippen LogP contribution in [0.1, 0.15) is 57.6 Å². The molecule has 0 saturated heterocycles. The van der Waals surface area contributed by atoms with E-state index in [0.29, 0.717) is 18.5 Å². The number of anilines is 2. The van der Waals surface area contributed by atoms with E-state index in [1.807, 2.05) is 36.8 Å². The van der Waals surface area contributed by atoms with Gasteiger partial charge in [-0.1, -0.05) is 31.4 Å². The SMILES string of the molecule is CC(C)n1cnc2c(NCc3ccc(-c4ccccn4)nc3)nc(NC3CCCCC3)nc21.CN. The molecule has 184 valence electrons. The smallest absolute Gasteiger partial charge is 0.227 e. The summed E-state index contributed by atoms with van der Waals surface area (Å²) in [5, 5.41) is 7.04. The molecule has 1 saturated carbocycles. The molecular formula is C26H35N9. The lowest BCUT2D eigenvalue weighted by molar-refractivity contribution is 0.461. The summed E-state index contributed by atoms with van der Waals surface area (Å²) in [7, 11) is 1.50. The molecule has 1 fully saturated rings. The summed E-state index contributed by atoms with van der Waals surface area (Å²) >= 11 is 0. The maximum atomic E-state index is 4.83. The number of hydrogen-bond acceptors (Lipinski definition) is 8. The Morgan fingerprint density at radius 3 is 2.46 bits per heavy atom. The zero-order valence-electron chi connectivity index (χ0n) is 20.8. The topological polar surface area (TPSA) is 119 Å². The fraction of sp³-hybridized carbons (Fsp3) is 0.423. The highest BCUT2D eigenvalue weighted by Crippen LogP contribution is 2.26. The van der Waals surface area contributed by atoms with Gasteiger partial charge < -0.3 is 20.9 Å². The first-order valence-electron chi connectivity index (χ1n) is 12.4. The molecule has 35 heavy (non-hydrogen) atoms. The summed E-state index contributed by atoms with van der Waals surface area (Å²) in [5.41, 5.74) is 8.93. The lowest BCUT2D eigenvalue weighted by atomic mass is 9.96. The number of nitrogens with two attached hydrogens (primary N) is 1. The third-order valence-corrected chi connectivity index (χ3v) is 6.13. The highest BCUT2D eigenvalue weighted by molar-refractivity contribution is 5.84. The Hall–Kier alpha value is -3.59. The quantitative estimate of drug-likeness (QED) is 0.350. The van der Waals surface area contributed by atoms with Crippen molar-refractivity contribution in [2.75, 3.05) is 17.7 Å². The highest BCUT2D eigenvalue weighted by Gasteiger charge is 2.18. The molecule has 0 unspecified atom stereocenters. The number of imidazole rings is 1. The molecule has 0 atom stereocenters. The van der Waals surface area contributed by atoms with Crippen LogP contribution in [-0.2, 0) is 6.54 Å². The van der Waals surface area contributed by atoms with Gasteiger partial charge in [-0.2, -0.15) is 9.97 Å². The van der Waals surface area contributed by atoms with E-state index in [1.54, 1.807) is 6.20 Å². The van der Waals surface area contributed by atoms with Gasteiger partial charge in [-0.15, -0.1) is 0 Å². The van der Waals surface area contributed by atoms with E-state index >= 15 is 0 Å². The van der Waals surface area contributed by atoms with Gasteiger partial charge in [0.05, 0.1) is 17.7 Å². The highest BCUT2D eigenvalue weighted by atomic mass is 15.2. The number of aromatic nitrogens is 6. The molecule has 4 heterocycles.